The van der Waals surface area contributed by atoms with E-state index in [1.165, 1.54) is 0 Å². The number of benzene rings is 1. The fraction of sp³-hybridized carbons (Fsp3) is 0.304. The molecule has 0 bridgehead atoms. The Morgan fingerprint density at radius 3 is 3.03 bits per heavy atom. The van der Waals surface area contributed by atoms with Gasteiger partial charge in [-0.05, 0) is 30.7 Å². The van der Waals surface area contributed by atoms with E-state index in [1.54, 1.807) is 24.5 Å². The van der Waals surface area contributed by atoms with Gasteiger partial charge in [-0.2, -0.15) is 0 Å². The third kappa shape index (κ3) is 4.94. The molecule has 166 valence electrons. The van der Waals surface area contributed by atoms with Crippen molar-refractivity contribution in [3.05, 3.63) is 59.4 Å². The third-order valence-electron chi connectivity index (χ3n) is 5.06. The molecule has 4 N–H and O–H groups in total. The highest BCUT2D eigenvalue weighted by molar-refractivity contribution is 5.94. The van der Waals surface area contributed by atoms with Crippen molar-refractivity contribution in [1.82, 2.24) is 20.3 Å². The summed E-state index contributed by atoms with van der Waals surface area (Å²) in [7, 11) is 0. The first-order valence-electron chi connectivity index (χ1n) is 10.6. The zero-order chi connectivity index (χ0) is 22.3. The first-order chi connectivity index (χ1) is 15.7. The molecule has 1 aromatic carbocycles. The largest absolute Gasteiger partial charge is 0.492 e. The molecule has 0 spiro atoms. The van der Waals surface area contributed by atoms with Crippen LogP contribution in [0.25, 0.3) is 11.3 Å². The number of hydrogen-bond acceptors (Lipinski definition) is 8. The molecule has 9 nitrogen and oxygen atoms in total. The summed E-state index contributed by atoms with van der Waals surface area (Å²) in [6.45, 7) is 4.65. The minimum atomic E-state index is -0.118. The van der Waals surface area contributed by atoms with Gasteiger partial charge in [0.05, 0.1) is 24.5 Å². The van der Waals surface area contributed by atoms with Crippen LogP contribution >= 0.6 is 0 Å². The van der Waals surface area contributed by atoms with Gasteiger partial charge < -0.3 is 25.8 Å². The van der Waals surface area contributed by atoms with E-state index in [-0.39, 0.29) is 11.9 Å². The lowest BCUT2D eigenvalue weighted by Gasteiger charge is -2.13. The third-order valence-corrected chi connectivity index (χ3v) is 5.06. The van der Waals surface area contributed by atoms with Gasteiger partial charge in [-0.25, -0.2) is 15.0 Å². The van der Waals surface area contributed by atoms with E-state index in [0.29, 0.717) is 44.2 Å². The fourth-order valence-corrected chi connectivity index (χ4v) is 3.54. The van der Waals surface area contributed by atoms with Gasteiger partial charge >= 0.3 is 0 Å². The molecule has 32 heavy (non-hydrogen) atoms. The molecule has 0 saturated heterocycles. The predicted octanol–water partition coefficient (Wildman–Crippen LogP) is 2.43. The van der Waals surface area contributed by atoms with E-state index >= 15 is 0 Å². The first-order valence-corrected chi connectivity index (χ1v) is 10.6. The molecule has 0 radical (unpaired) electrons. The van der Waals surface area contributed by atoms with E-state index in [1.807, 2.05) is 25.1 Å². The molecule has 0 atom stereocenters. The molecular formula is C23H26N6O3. The van der Waals surface area contributed by atoms with Gasteiger partial charge in [0.25, 0.3) is 5.91 Å². The van der Waals surface area contributed by atoms with Crippen LogP contribution in [0.4, 0.5) is 11.8 Å². The average molecular weight is 435 g/mol. The van der Waals surface area contributed by atoms with Crippen LogP contribution in [-0.2, 0) is 17.7 Å². The van der Waals surface area contributed by atoms with Crippen LogP contribution < -0.4 is 21.1 Å². The second-order valence-electron chi connectivity index (χ2n) is 7.23. The van der Waals surface area contributed by atoms with Gasteiger partial charge in [0.2, 0.25) is 5.95 Å². The molecule has 0 aliphatic carbocycles. The average Bonchev–Trinajstić information content (AvgIpc) is 3.30. The van der Waals surface area contributed by atoms with Gasteiger partial charge in [-0.15, -0.1) is 0 Å². The molecular weight excluding hydrogens is 408 g/mol. The lowest BCUT2D eigenvalue weighted by atomic mass is 10.1. The molecule has 0 saturated carbocycles. The molecule has 9 heteroatoms. The Labute approximate surface area is 186 Å². The van der Waals surface area contributed by atoms with Crippen LogP contribution in [0.1, 0.15) is 28.4 Å². The quantitative estimate of drug-likeness (QED) is 0.439. The van der Waals surface area contributed by atoms with Gasteiger partial charge in [0.15, 0.2) is 0 Å². The molecule has 1 aliphatic heterocycles. The summed E-state index contributed by atoms with van der Waals surface area (Å²) < 4.78 is 11.1. The van der Waals surface area contributed by atoms with Crippen LogP contribution in [0.3, 0.4) is 0 Å². The number of nitrogens with two attached hydrogens (primary N) is 1. The van der Waals surface area contributed by atoms with Crippen molar-refractivity contribution in [3.63, 3.8) is 0 Å². The molecule has 4 rings (SSSR count). The number of ether oxygens (including phenoxy) is 2. The summed E-state index contributed by atoms with van der Waals surface area (Å²) in [5.74, 6) is 1.61. The number of fused-ring (bicyclic) bond motifs is 1. The Morgan fingerprint density at radius 1 is 1.28 bits per heavy atom. The maximum Gasteiger partial charge on any atom is 0.251 e. The van der Waals surface area contributed by atoms with E-state index in [2.05, 4.69) is 25.6 Å². The Bertz CT molecular complexity index is 1100. The number of anilines is 2. The number of nitrogens with zero attached hydrogens (tertiary/aromatic N) is 3. The predicted molar refractivity (Wildman–Crippen MR) is 121 cm³/mol. The van der Waals surface area contributed by atoms with Crippen molar-refractivity contribution in [2.45, 2.75) is 19.9 Å². The van der Waals surface area contributed by atoms with Crippen molar-refractivity contribution >= 4 is 17.7 Å². The summed E-state index contributed by atoms with van der Waals surface area (Å²) in [5, 5.41) is 6.24. The fourth-order valence-electron chi connectivity index (χ4n) is 3.54. The SMILES string of the molecule is CCOCCNC(=O)c1cccc(CNc2ncc(-c3ccnc(N)n3)c3c2CCO3)c1. The van der Waals surface area contributed by atoms with Crippen LogP contribution in [0, 0.1) is 0 Å². The minimum absolute atomic E-state index is 0.118. The number of aromatic nitrogens is 3. The van der Waals surface area contributed by atoms with Gasteiger partial charge in [0, 0.05) is 49.6 Å². The second kappa shape index (κ2) is 10.1. The normalized spacial score (nSPS) is 12.2. The smallest absolute Gasteiger partial charge is 0.251 e. The number of carbonyl (C=O) groups excluding carboxylic acids is 1. The van der Waals surface area contributed by atoms with Gasteiger partial charge in [-0.3, -0.25) is 4.79 Å². The maximum absolute atomic E-state index is 12.3. The zero-order valence-corrected chi connectivity index (χ0v) is 17.9. The summed E-state index contributed by atoms with van der Waals surface area (Å²) >= 11 is 0. The summed E-state index contributed by atoms with van der Waals surface area (Å²) in [5.41, 5.74) is 9.79. The molecule has 3 heterocycles. The Morgan fingerprint density at radius 2 is 2.19 bits per heavy atom. The molecule has 2 aromatic heterocycles. The van der Waals surface area contributed by atoms with Crippen molar-refractivity contribution in [1.29, 1.82) is 0 Å². The van der Waals surface area contributed by atoms with Crippen molar-refractivity contribution < 1.29 is 14.3 Å². The lowest BCUT2D eigenvalue weighted by molar-refractivity contribution is 0.0922. The minimum Gasteiger partial charge on any atom is -0.492 e. The Kier molecular flexibility index (Phi) is 6.76. The van der Waals surface area contributed by atoms with Crippen molar-refractivity contribution in [2.75, 3.05) is 37.4 Å². The number of hydrogen-bond donors (Lipinski definition) is 3. The summed E-state index contributed by atoms with van der Waals surface area (Å²) in [4.78, 5) is 25.2. The zero-order valence-electron chi connectivity index (χ0n) is 17.9. The highest BCUT2D eigenvalue weighted by Crippen LogP contribution is 2.39. The number of amides is 1. The van der Waals surface area contributed by atoms with E-state index in [9.17, 15) is 4.79 Å². The summed E-state index contributed by atoms with van der Waals surface area (Å²) in [6, 6.07) is 9.30. The Balaban J connectivity index is 1.46. The molecule has 3 aromatic rings. The number of nitrogens with one attached hydrogen (secondary N) is 2. The number of pyridine rings is 1. The number of carbonyl (C=O) groups is 1. The summed E-state index contributed by atoms with van der Waals surface area (Å²) in [6.07, 6.45) is 4.10. The molecule has 0 unspecified atom stereocenters. The molecule has 0 fully saturated rings. The van der Waals surface area contributed by atoms with E-state index < -0.39 is 0 Å². The topological polar surface area (TPSA) is 124 Å². The first kappa shape index (κ1) is 21.5. The standard InChI is InChI=1S/C23H26N6O3/c1-2-31-11-9-25-22(30)16-5-3-4-15(12-16)13-27-21-17-7-10-32-20(17)18(14-28-21)19-6-8-26-23(24)29-19/h3-6,8,12,14H,2,7,9-11,13H2,1H3,(H,25,30)(H,27,28)(H2,24,26,29). The molecule has 1 amide bonds. The maximum atomic E-state index is 12.3. The molecule has 1 aliphatic rings. The second-order valence-corrected chi connectivity index (χ2v) is 7.23. The van der Waals surface area contributed by atoms with Crippen LogP contribution in [0.2, 0.25) is 0 Å². The van der Waals surface area contributed by atoms with Gasteiger partial charge in [-0.1, -0.05) is 12.1 Å². The highest BCUT2D eigenvalue weighted by atomic mass is 16.5. The van der Waals surface area contributed by atoms with Crippen LogP contribution in [-0.4, -0.2) is 47.2 Å². The monoisotopic (exact) mass is 434 g/mol. The van der Waals surface area contributed by atoms with Crippen LogP contribution in [0.15, 0.2) is 42.7 Å². The van der Waals surface area contributed by atoms with E-state index in [0.717, 1.165) is 34.7 Å². The van der Waals surface area contributed by atoms with Gasteiger partial charge in [0.1, 0.15) is 11.6 Å². The van der Waals surface area contributed by atoms with Crippen molar-refractivity contribution in [3.8, 4) is 17.0 Å². The van der Waals surface area contributed by atoms with Crippen molar-refractivity contribution in [2.24, 2.45) is 0 Å². The van der Waals surface area contributed by atoms with Crippen LogP contribution in [0.5, 0.6) is 5.75 Å². The highest BCUT2D eigenvalue weighted by Gasteiger charge is 2.23. The van der Waals surface area contributed by atoms with E-state index in [4.69, 9.17) is 15.2 Å². The number of rotatable bonds is 9. The Hall–Kier alpha value is -3.72. The lowest BCUT2D eigenvalue weighted by Crippen LogP contribution is -2.27. The number of nitrogen functional groups attached to an aromatic ring is 1.